The van der Waals surface area contributed by atoms with Crippen LogP contribution < -0.4 is 5.73 Å². The molecule has 0 spiro atoms. The van der Waals surface area contributed by atoms with Gasteiger partial charge in [-0.05, 0) is 55.5 Å². The van der Waals surface area contributed by atoms with E-state index in [2.05, 4.69) is 0 Å². The molecule has 0 saturated heterocycles. The normalized spacial score (nSPS) is 18.5. The van der Waals surface area contributed by atoms with E-state index >= 15 is 0 Å². The quantitative estimate of drug-likeness (QED) is 0.853. The third-order valence-corrected chi connectivity index (χ3v) is 4.49. The highest BCUT2D eigenvalue weighted by Gasteiger charge is 2.41. The Balaban J connectivity index is 2.66. The van der Waals surface area contributed by atoms with Gasteiger partial charge in [0.25, 0.3) is 0 Å². The molecule has 0 amide bonds. The van der Waals surface area contributed by atoms with Gasteiger partial charge in [-0.3, -0.25) is 0 Å². The number of hydrogen-bond donors (Lipinski definition) is 1. The molecule has 16 heavy (non-hydrogen) atoms. The van der Waals surface area contributed by atoms with Crippen molar-refractivity contribution in [3.63, 3.8) is 0 Å². The third-order valence-electron chi connectivity index (χ3n) is 3.39. The first-order valence-corrected chi connectivity index (χ1v) is 7.24. The molecule has 1 aliphatic rings. The van der Waals surface area contributed by atoms with Gasteiger partial charge in [0.15, 0.2) is 9.84 Å². The van der Waals surface area contributed by atoms with Gasteiger partial charge in [-0.15, -0.1) is 0 Å². The van der Waals surface area contributed by atoms with Crippen molar-refractivity contribution in [2.45, 2.75) is 37.1 Å². The molecule has 0 heterocycles. The SMILES string of the molecule is Cc1cc(S(C)(=O)=O)cc(C2(N)CC2)c1C. The molecule has 4 heteroatoms. The predicted octanol–water partition coefficient (Wildman–Crippen LogP) is 1.65. The van der Waals surface area contributed by atoms with Crippen LogP contribution in [0.2, 0.25) is 0 Å². The summed E-state index contributed by atoms with van der Waals surface area (Å²) in [6.45, 7) is 3.93. The molecule has 0 atom stereocenters. The zero-order chi connectivity index (χ0) is 12.1. The average molecular weight is 239 g/mol. The van der Waals surface area contributed by atoms with Gasteiger partial charge in [-0.2, -0.15) is 0 Å². The lowest BCUT2D eigenvalue weighted by Gasteiger charge is -2.16. The number of sulfone groups is 1. The number of rotatable bonds is 2. The fraction of sp³-hybridized carbons (Fsp3) is 0.500. The van der Waals surface area contributed by atoms with Gasteiger partial charge < -0.3 is 5.73 Å². The largest absolute Gasteiger partial charge is 0.321 e. The van der Waals surface area contributed by atoms with Gasteiger partial charge in [0.1, 0.15) is 0 Å². The molecule has 2 rings (SSSR count). The fourth-order valence-electron chi connectivity index (χ4n) is 1.96. The summed E-state index contributed by atoms with van der Waals surface area (Å²) in [6, 6.07) is 3.46. The second kappa shape index (κ2) is 3.31. The minimum atomic E-state index is -3.15. The van der Waals surface area contributed by atoms with Crippen molar-refractivity contribution in [2.24, 2.45) is 5.73 Å². The first-order chi connectivity index (χ1) is 7.24. The minimum absolute atomic E-state index is 0.282. The standard InChI is InChI=1S/C12H17NO2S/c1-8-6-10(16(3,14)15)7-11(9(8)2)12(13)4-5-12/h6-7H,4-5,13H2,1-3H3. The Labute approximate surface area is 96.6 Å². The summed E-state index contributed by atoms with van der Waals surface area (Å²) in [4.78, 5) is 0.377. The van der Waals surface area contributed by atoms with Crippen LogP contribution in [0.4, 0.5) is 0 Å². The van der Waals surface area contributed by atoms with Gasteiger partial charge in [0, 0.05) is 11.8 Å². The zero-order valence-electron chi connectivity index (χ0n) is 9.87. The molecule has 1 aromatic carbocycles. The molecule has 88 valence electrons. The van der Waals surface area contributed by atoms with Crippen LogP contribution in [-0.2, 0) is 15.4 Å². The number of hydrogen-bond acceptors (Lipinski definition) is 3. The highest BCUT2D eigenvalue weighted by atomic mass is 32.2. The minimum Gasteiger partial charge on any atom is -0.321 e. The first-order valence-electron chi connectivity index (χ1n) is 5.35. The van der Waals surface area contributed by atoms with Crippen molar-refractivity contribution < 1.29 is 8.42 Å². The molecular weight excluding hydrogens is 222 g/mol. The van der Waals surface area contributed by atoms with E-state index in [0.29, 0.717) is 4.90 Å². The van der Waals surface area contributed by atoms with E-state index in [-0.39, 0.29) is 5.54 Å². The Bertz CT molecular complexity index is 542. The van der Waals surface area contributed by atoms with Crippen LogP contribution in [0.1, 0.15) is 29.5 Å². The van der Waals surface area contributed by atoms with Crippen molar-refractivity contribution in [1.29, 1.82) is 0 Å². The summed E-state index contributed by atoms with van der Waals surface area (Å²) in [5.74, 6) is 0. The molecule has 1 saturated carbocycles. The van der Waals surface area contributed by atoms with Gasteiger partial charge in [-0.1, -0.05) is 0 Å². The maximum absolute atomic E-state index is 11.6. The second-order valence-corrected chi connectivity index (χ2v) is 6.86. The van der Waals surface area contributed by atoms with Crippen LogP contribution in [0.15, 0.2) is 17.0 Å². The maximum Gasteiger partial charge on any atom is 0.175 e. The van der Waals surface area contributed by atoms with E-state index in [1.165, 1.54) is 6.26 Å². The molecule has 3 nitrogen and oxygen atoms in total. The summed E-state index contributed by atoms with van der Waals surface area (Å²) in [5, 5.41) is 0. The van der Waals surface area contributed by atoms with Crippen LogP contribution in [0.5, 0.6) is 0 Å². The first kappa shape index (κ1) is 11.6. The number of benzene rings is 1. The molecule has 0 radical (unpaired) electrons. The van der Waals surface area contributed by atoms with E-state index in [1.54, 1.807) is 12.1 Å². The third kappa shape index (κ3) is 1.87. The molecule has 1 fully saturated rings. The van der Waals surface area contributed by atoms with Crippen LogP contribution >= 0.6 is 0 Å². The van der Waals surface area contributed by atoms with Gasteiger partial charge >= 0.3 is 0 Å². The van der Waals surface area contributed by atoms with Crippen molar-refractivity contribution in [2.75, 3.05) is 6.26 Å². The van der Waals surface area contributed by atoms with Crippen molar-refractivity contribution >= 4 is 9.84 Å². The average Bonchev–Trinajstić information content (AvgIpc) is 2.87. The van der Waals surface area contributed by atoms with E-state index < -0.39 is 9.84 Å². The monoisotopic (exact) mass is 239 g/mol. The smallest absolute Gasteiger partial charge is 0.175 e. The summed E-state index contributed by atoms with van der Waals surface area (Å²) < 4.78 is 23.1. The van der Waals surface area contributed by atoms with Crippen molar-refractivity contribution in [1.82, 2.24) is 0 Å². The molecule has 1 aliphatic carbocycles. The Morgan fingerprint density at radius 1 is 1.25 bits per heavy atom. The van der Waals surface area contributed by atoms with Crippen LogP contribution in [-0.4, -0.2) is 14.7 Å². The van der Waals surface area contributed by atoms with E-state index in [0.717, 1.165) is 29.5 Å². The van der Waals surface area contributed by atoms with Crippen molar-refractivity contribution in [3.8, 4) is 0 Å². The van der Waals surface area contributed by atoms with Crippen LogP contribution in [0.3, 0.4) is 0 Å². The molecule has 0 bridgehead atoms. The topological polar surface area (TPSA) is 60.2 Å². The van der Waals surface area contributed by atoms with E-state index in [9.17, 15) is 8.42 Å². The lowest BCUT2D eigenvalue weighted by atomic mass is 9.96. The van der Waals surface area contributed by atoms with Gasteiger partial charge in [-0.25, -0.2) is 8.42 Å². The Kier molecular flexibility index (Phi) is 2.40. The van der Waals surface area contributed by atoms with E-state index in [4.69, 9.17) is 5.73 Å². The summed E-state index contributed by atoms with van der Waals surface area (Å²) in [6.07, 6.45) is 3.12. The lowest BCUT2D eigenvalue weighted by molar-refractivity contribution is 0.601. The van der Waals surface area contributed by atoms with Crippen LogP contribution in [0.25, 0.3) is 0 Å². The fourth-order valence-corrected chi connectivity index (χ4v) is 2.68. The van der Waals surface area contributed by atoms with Gasteiger partial charge in [0.05, 0.1) is 4.90 Å². The predicted molar refractivity (Wildman–Crippen MR) is 64.1 cm³/mol. The summed E-state index contributed by atoms with van der Waals surface area (Å²) in [5.41, 5.74) is 8.98. The van der Waals surface area contributed by atoms with Crippen molar-refractivity contribution in [3.05, 3.63) is 28.8 Å². The Morgan fingerprint density at radius 2 is 1.81 bits per heavy atom. The molecule has 0 aliphatic heterocycles. The van der Waals surface area contributed by atoms with Gasteiger partial charge in [0.2, 0.25) is 0 Å². The molecule has 0 unspecified atom stereocenters. The maximum atomic E-state index is 11.6. The Hall–Kier alpha value is -0.870. The Morgan fingerprint density at radius 3 is 2.25 bits per heavy atom. The zero-order valence-corrected chi connectivity index (χ0v) is 10.7. The lowest BCUT2D eigenvalue weighted by Crippen LogP contribution is -2.21. The highest BCUT2D eigenvalue weighted by molar-refractivity contribution is 7.90. The summed E-state index contributed by atoms with van der Waals surface area (Å²) >= 11 is 0. The van der Waals surface area contributed by atoms with Crippen LogP contribution in [0, 0.1) is 13.8 Å². The highest BCUT2D eigenvalue weighted by Crippen LogP contribution is 2.45. The molecule has 1 aromatic rings. The second-order valence-electron chi connectivity index (χ2n) is 4.84. The molecule has 0 aromatic heterocycles. The number of nitrogens with two attached hydrogens (primary N) is 1. The van der Waals surface area contributed by atoms with E-state index in [1.807, 2.05) is 13.8 Å². The molecular formula is C12H17NO2S. The molecule has 2 N–H and O–H groups in total. The number of aryl methyl sites for hydroxylation is 1. The summed E-state index contributed by atoms with van der Waals surface area (Å²) in [7, 11) is -3.15.